The van der Waals surface area contributed by atoms with Crippen LogP contribution in [-0.2, 0) is 6.61 Å². The molecule has 2 heterocycles. The molecule has 0 aliphatic carbocycles. The van der Waals surface area contributed by atoms with Crippen molar-refractivity contribution in [3.05, 3.63) is 44.6 Å². The number of carbonyl (C=O) groups is 1. The quantitative estimate of drug-likeness (QED) is 0.656. The molecule has 146 valence electrons. The minimum absolute atomic E-state index is 0.0246. The van der Waals surface area contributed by atoms with Crippen molar-refractivity contribution in [2.75, 3.05) is 34.3 Å². The summed E-state index contributed by atoms with van der Waals surface area (Å²) in [6, 6.07) is 9.71. The van der Waals surface area contributed by atoms with Crippen molar-refractivity contribution in [2.45, 2.75) is 25.5 Å². The second-order valence-corrected chi connectivity index (χ2v) is 9.36. The Balaban J connectivity index is 1.68. The molecule has 1 aromatic carbocycles. The average Bonchev–Trinajstić information content (AvgIpc) is 3.11. The Morgan fingerprint density at radius 3 is 2.63 bits per heavy atom. The van der Waals surface area contributed by atoms with Gasteiger partial charge in [-0.3, -0.25) is 4.79 Å². The fourth-order valence-electron chi connectivity index (χ4n) is 3.25. The number of halogens is 1. The van der Waals surface area contributed by atoms with Crippen LogP contribution in [0, 0.1) is 0 Å². The van der Waals surface area contributed by atoms with Gasteiger partial charge in [-0.2, -0.15) is 0 Å². The molecule has 2 aromatic rings. The van der Waals surface area contributed by atoms with E-state index in [4.69, 9.17) is 9.47 Å². The Hall–Kier alpha value is -1.57. The fraction of sp³-hybridized carbons (Fsp3) is 0.450. The van der Waals surface area contributed by atoms with E-state index in [1.54, 1.807) is 24.5 Å². The van der Waals surface area contributed by atoms with Crippen LogP contribution >= 0.6 is 27.3 Å². The highest BCUT2D eigenvalue weighted by atomic mass is 79.9. The van der Waals surface area contributed by atoms with E-state index in [-0.39, 0.29) is 11.9 Å². The lowest BCUT2D eigenvalue weighted by molar-refractivity contribution is 0.0659. The minimum Gasteiger partial charge on any atom is -0.493 e. The van der Waals surface area contributed by atoms with E-state index in [1.807, 2.05) is 36.2 Å². The molecule has 5 nitrogen and oxygen atoms in total. The minimum atomic E-state index is 0.0246. The first-order valence-corrected chi connectivity index (χ1v) is 10.6. The number of amides is 1. The van der Waals surface area contributed by atoms with Crippen molar-refractivity contribution in [3.8, 4) is 11.5 Å². The number of rotatable bonds is 6. The highest BCUT2D eigenvalue weighted by molar-refractivity contribution is 9.11. The van der Waals surface area contributed by atoms with E-state index in [0.717, 1.165) is 34.6 Å². The smallest absolute Gasteiger partial charge is 0.253 e. The third-order valence-corrected chi connectivity index (χ3v) is 6.56. The van der Waals surface area contributed by atoms with Gasteiger partial charge in [0.1, 0.15) is 6.61 Å². The SMILES string of the molecule is COc1cc(C(=O)N(C)C2CCN(C)CC2)ccc1OCc1ccc(Br)s1. The number of ether oxygens (including phenoxy) is 2. The molecule has 0 bridgehead atoms. The zero-order valence-corrected chi connectivity index (χ0v) is 18.3. The second-order valence-electron chi connectivity index (χ2n) is 6.81. The van der Waals surface area contributed by atoms with E-state index >= 15 is 0 Å². The number of thiophene rings is 1. The third-order valence-electron chi connectivity index (χ3n) is 4.97. The maximum absolute atomic E-state index is 12.9. The summed E-state index contributed by atoms with van der Waals surface area (Å²) in [7, 11) is 5.61. The number of methoxy groups -OCH3 is 1. The summed E-state index contributed by atoms with van der Waals surface area (Å²) in [4.78, 5) is 18.2. The Kier molecular flexibility index (Phi) is 6.78. The van der Waals surface area contributed by atoms with Crippen LogP contribution in [0.2, 0.25) is 0 Å². The van der Waals surface area contributed by atoms with Gasteiger partial charge in [-0.05, 0) is 79.2 Å². The lowest BCUT2D eigenvalue weighted by atomic mass is 10.0. The summed E-state index contributed by atoms with van der Waals surface area (Å²) in [5.74, 6) is 1.24. The zero-order chi connectivity index (χ0) is 19.4. The van der Waals surface area contributed by atoms with Gasteiger partial charge in [0.15, 0.2) is 11.5 Å². The summed E-state index contributed by atoms with van der Waals surface area (Å²) in [6.45, 7) is 2.52. The van der Waals surface area contributed by atoms with Crippen LogP contribution in [0.1, 0.15) is 28.1 Å². The highest BCUT2D eigenvalue weighted by Crippen LogP contribution is 2.31. The molecule has 0 atom stereocenters. The summed E-state index contributed by atoms with van der Waals surface area (Å²) >= 11 is 5.09. The monoisotopic (exact) mass is 452 g/mol. The Morgan fingerprint density at radius 1 is 1.26 bits per heavy atom. The predicted octanol–water partition coefficient (Wildman–Crippen LogP) is 4.26. The lowest BCUT2D eigenvalue weighted by Gasteiger charge is -2.35. The first-order valence-electron chi connectivity index (χ1n) is 8.98. The molecule has 1 saturated heterocycles. The number of hydrogen-bond acceptors (Lipinski definition) is 5. The first kappa shape index (κ1) is 20.2. The second kappa shape index (κ2) is 9.08. The van der Waals surface area contributed by atoms with Crippen LogP contribution in [0.25, 0.3) is 0 Å². The fourth-order valence-corrected chi connectivity index (χ4v) is 4.65. The van der Waals surface area contributed by atoms with Gasteiger partial charge in [-0.1, -0.05) is 0 Å². The molecule has 0 spiro atoms. The highest BCUT2D eigenvalue weighted by Gasteiger charge is 2.25. The first-order chi connectivity index (χ1) is 13.0. The average molecular weight is 453 g/mol. The molecule has 1 aliphatic rings. The molecule has 0 radical (unpaired) electrons. The summed E-state index contributed by atoms with van der Waals surface area (Å²) in [6.07, 6.45) is 2.01. The van der Waals surface area contributed by atoms with Crippen LogP contribution in [0.4, 0.5) is 0 Å². The summed E-state index contributed by atoms with van der Waals surface area (Å²) in [5, 5.41) is 0. The number of benzene rings is 1. The molecule has 1 aliphatic heterocycles. The number of piperidine rings is 1. The van der Waals surface area contributed by atoms with Gasteiger partial charge in [0.2, 0.25) is 0 Å². The van der Waals surface area contributed by atoms with Gasteiger partial charge in [-0.25, -0.2) is 0 Å². The molecule has 0 unspecified atom stereocenters. The molecule has 0 N–H and O–H groups in total. The van der Waals surface area contributed by atoms with E-state index in [0.29, 0.717) is 23.7 Å². The standard InChI is InChI=1S/C20H25BrN2O3S/c1-22-10-8-15(9-11-22)23(2)20(24)14-4-6-17(18(12-14)25-3)26-13-16-5-7-19(21)27-16/h4-7,12,15H,8-11,13H2,1-3H3. The molecule has 3 rings (SSSR count). The van der Waals surface area contributed by atoms with E-state index in [9.17, 15) is 4.79 Å². The van der Waals surface area contributed by atoms with Crippen LogP contribution in [-0.4, -0.2) is 56.0 Å². The molecule has 1 aromatic heterocycles. The third kappa shape index (κ3) is 5.03. The number of hydrogen-bond donors (Lipinski definition) is 0. The van der Waals surface area contributed by atoms with E-state index < -0.39 is 0 Å². The Labute approximate surface area is 173 Å². The van der Waals surface area contributed by atoms with Crippen molar-refractivity contribution >= 4 is 33.2 Å². The van der Waals surface area contributed by atoms with E-state index in [2.05, 4.69) is 27.9 Å². The van der Waals surface area contributed by atoms with Crippen LogP contribution < -0.4 is 9.47 Å². The normalized spacial score (nSPS) is 15.6. The van der Waals surface area contributed by atoms with E-state index in [1.165, 1.54) is 0 Å². The number of likely N-dealkylation sites (tertiary alicyclic amines) is 1. The van der Waals surface area contributed by atoms with Crippen molar-refractivity contribution in [2.24, 2.45) is 0 Å². The van der Waals surface area contributed by atoms with Gasteiger partial charge in [0.25, 0.3) is 5.91 Å². The molecule has 7 heteroatoms. The van der Waals surface area contributed by atoms with Gasteiger partial charge < -0.3 is 19.3 Å². The van der Waals surface area contributed by atoms with Gasteiger partial charge in [-0.15, -0.1) is 11.3 Å². The van der Waals surface area contributed by atoms with Crippen LogP contribution in [0.15, 0.2) is 34.1 Å². The number of nitrogens with zero attached hydrogens (tertiary/aromatic N) is 2. The van der Waals surface area contributed by atoms with Crippen LogP contribution in [0.3, 0.4) is 0 Å². The predicted molar refractivity (Wildman–Crippen MR) is 112 cm³/mol. The maximum atomic E-state index is 12.9. The van der Waals surface area contributed by atoms with Crippen molar-refractivity contribution in [1.82, 2.24) is 9.80 Å². The topological polar surface area (TPSA) is 42.0 Å². The van der Waals surface area contributed by atoms with Gasteiger partial charge >= 0.3 is 0 Å². The van der Waals surface area contributed by atoms with Gasteiger partial charge in [0.05, 0.1) is 10.9 Å². The molecular formula is C20H25BrN2O3S. The van der Waals surface area contributed by atoms with Crippen molar-refractivity contribution in [1.29, 1.82) is 0 Å². The molecule has 1 amide bonds. The van der Waals surface area contributed by atoms with Crippen molar-refractivity contribution in [3.63, 3.8) is 0 Å². The number of carbonyl (C=O) groups excluding carboxylic acids is 1. The Morgan fingerprint density at radius 2 is 2.00 bits per heavy atom. The largest absolute Gasteiger partial charge is 0.493 e. The van der Waals surface area contributed by atoms with Gasteiger partial charge in [0, 0.05) is 23.5 Å². The van der Waals surface area contributed by atoms with Crippen molar-refractivity contribution < 1.29 is 14.3 Å². The molecule has 0 saturated carbocycles. The summed E-state index contributed by atoms with van der Waals surface area (Å²) in [5.41, 5.74) is 0.625. The zero-order valence-electron chi connectivity index (χ0n) is 15.9. The maximum Gasteiger partial charge on any atom is 0.253 e. The summed E-state index contributed by atoms with van der Waals surface area (Å²) < 4.78 is 12.4. The molecule has 1 fully saturated rings. The Bertz CT molecular complexity index is 787. The lowest BCUT2D eigenvalue weighted by Crippen LogP contribution is -2.44. The van der Waals surface area contributed by atoms with Crippen LogP contribution in [0.5, 0.6) is 11.5 Å². The molecular weight excluding hydrogens is 428 g/mol. The molecule has 27 heavy (non-hydrogen) atoms.